The van der Waals surface area contributed by atoms with Gasteiger partial charge < -0.3 is 25.6 Å². The first-order chi connectivity index (χ1) is 21.7. The molecule has 0 spiro atoms. The Labute approximate surface area is 267 Å². The zero-order valence-corrected chi connectivity index (χ0v) is 26.3. The Hall–Kier alpha value is -3.55. The van der Waals surface area contributed by atoms with E-state index in [2.05, 4.69) is 27.2 Å². The van der Waals surface area contributed by atoms with Gasteiger partial charge in [-0.1, -0.05) is 11.6 Å². The summed E-state index contributed by atoms with van der Waals surface area (Å²) in [5, 5.41) is 3.59. The molecule has 1 saturated carbocycles. The molecule has 0 amide bonds. The van der Waals surface area contributed by atoms with Crippen LogP contribution in [-0.4, -0.2) is 77.7 Å². The van der Waals surface area contributed by atoms with Gasteiger partial charge in [-0.2, -0.15) is 9.97 Å². The van der Waals surface area contributed by atoms with Crippen LogP contribution in [0.3, 0.4) is 0 Å². The molecular formula is C32H33ClF5N7O. The van der Waals surface area contributed by atoms with Crippen molar-refractivity contribution in [2.75, 3.05) is 51.0 Å². The summed E-state index contributed by atoms with van der Waals surface area (Å²) in [6.45, 7) is 3.23. The van der Waals surface area contributed by atoms with E-state index in [9.17, 15) is 13.2 Å². The van der Waals surface area contributed by atoms with E-state index in [1.54, 1.807) is 14.1 Å². The second-order valence-corrected chi connectivity index (χ2v) is 13.9. The van der Waals surface area contributed by atoms with E-state index in [0.29, 0.717) is 31.5 Å². The summed E-state index contributed by atoms with van der Waals surface area (Å²) in [6.07, 6.45) is 1.71. The molecule has 0 radical (unpaired) electrons. The van der Waals surface area contributed by atoms with Gasteiger partial charge >= 0.3 is 6.01 Å². The molecule has 8 nitrogen and oxygen atoms in total. The highest BCUT2D eigenvalue weighted by Crippen LogP contribution is 2.62. The fraction of sp³-hybridized carbons (Fsp3) is 0.469. The minimum absolute atomic E-state index is 0.0294. The van der Waals surface area contributed by atoms with Gasteiger partial charge in [-0.15, -0.1) is 0 Å². The van der Waals surface area contributed by atoms with Crippen molar-refractivity contribution in [3.05, 3.63) is 46.7 Å². The summed E-state index contributed by atoms with van der Waals surface area (Å²) in [4.78, 5) is 16.9. The second-order valence-electron chi connectivity index (χ2n) is 13.4. The lowest BCUT2D eigenvalue weighted by atomic mass is 9.97. The van der Waals surface area contributed by atoms with Gasteiger partial charge in [0.15, 0.2) is 5.82 Å². The van der Waals surface area contributed by atoms with Crippen molar-refractivity contribution in [3.8, 4) is 17.1 Å². The Morgan fingerprint density at radius 3 is 2.52 bits per heavy atom. The van der Waals surface area contributed by atoms with Crippen LogP contribution in [0.1, 0.15) is 32.6 Å². The van der Waals surface area contributed by atoms with Crippen molar-refractivity contribution in [1.29, 1.82) is 0 Å². The topological polar surface area (TPSA) is 92.4 Å². The number of nitrogens with one attached hydrogen (secondary N) is 1. The summed E-state index contributed by atoms with van der Waals surface area (Å²) < 4.78 is 82.2. The summed E-state index contributed by atoms with van der Waals surface area (Å²) >= 11 is 6.70. The number of alkyl halides is 2. The number of rotatable bonds is 8. The second kappa shape index (κ2) is 10.7. The predicted molar refractivity (Wildman–Crippen MR) is 167 cm³/mol. The first kappa shape index (κ1) is 31.1. The number of benzene rings is 2. The fourth-order valence-electron chi connectivity index (χ4n) is 6.99. The first-order valence-electron chi connectivity index (χ1n) is 15.1. The molecule has 4 aromatic rings. The van der Waals surface area contributed by atoms with Gasteiger partial charge in [0.05, 0.1) is 16.0 Å². The maximum Gasteiger partial charge on any atom is 0.319 e. The van der Waals surface area contributed by atoms with Gasteiger partial charge in [0, 0.05) is 59.1 Å². The summed E-state index contributed by atoms with van der Waals surface area (Å²) in [6, 6.07) is 4.62. The summed E-state index contributed by atoms with van der Waals surface area (Å²) in [5.41, 5.74) is 2.97. The van der Waals surface area contributed by atoms with Crippen LogP contribution >= 0.6 is 11.6 Å². The average molecular weight is 662 g/mol. The fourth-order valence-corrected chi connectivity index (χ4v) is 7.28. The average Bonchev–Trinajstić information content (AvgIpc) is 3.42. The molecule has 14 heteroatoms. The zero-order valence-electron chi connectivity index (χ0n) is 25.5. The Balaban J connectivity index is 1.39. The maximum absolute atomic E-state index is 16.8. The molecule has 2 saturated heterocycles. The van der Waals surface area contributed by atoms with Crippen molar-refractivity contribution >= 4 is 45.0 Å². The van der Waals surface area contributed by atoms with E-state index in [-0.39, 0.29) is 75.2 Å². The lowest BCUT2D eigenvalue weighted by molar-refractivity contribution is 0.0336. The van der Waals surface area contributed by atoms with Gasteiger partial charge in [-0.25, -0.2) is 26.9 Å². The lowest BCUT2D eigenvalue weighted by Crippen LogP contribution is -2.58. The van der Waals surface area contributed by atoms with Gasteiger partial charge in [0.1, 0.15) is 35.4 Å². The normalized spacial score (nSPS) is 25.2. The number of nitrogens with zero attached hydrogens (tertiary/aromatic N) is 5. The minimum Gasteiger partial charge on any atom is -0.463 e. The lowest BCUT2D eigenvalue weighted by Gasteiger charge is -2.40. The van der Waals surface area contributed by atoms with E-state index in [1.165, 1.54) is 18.2 Å². The number of hydrogen-bond donors (Lipinski definition) is 2. The SMILES string of the molecule is CN(C)CC[C@@]1(COc2nc(N3C[C@H]4CC[C@](C)(C3)N4)c3cc(Cl)c(-c4c(F)cc(F)c5ccc(N)nc45)c(F)c3n2)CC1(F)F. The summed E-state index contributed by atoms with van der Waals surface area (Å²) in [5.74, 6) is -5.64. The largest absolute Gasteiger partial charge is 0.463 e. The van der Waals surface area contributed by atoms with Crippen LogP contribution in [-0.2, 0) is 0 Å². The molecule has 1 aliphatic carbocycles. The van der Waals surface area contributed by atoms with E-state index < -0.39 is 34.4 Å². The molecule has 3 N–H and O–H groups in total. The number of hydrogen-bond acceptors (Lipinski definition) is 8. The zero-order chi connectivity index (χ0) is 32.8. The van der Waals surface area contributed by atoms with Crippen LogP contribution in [0.15, 0.2) is 24.3 Å². The summed E-state index contributed by atoms with van der Waals surface area (Å²) in [7, 11) is 3.61. The number of pyridine rings is 1. The quantitative estimate of drug-likeness (QED) is 0.216. The monoisotopic (exact) mass is 661 g/mol. The number of ether oxygens (including phenoxy) is 1. The predicted octanol–water partition coefficient (Wildman–Crippen LogP) is 6.18. The molecule has 7 rings (SSSR count). The Morgan fingerprint density at radius 2 is 1.83 bits per heavy atom. The maximum atomic E-state index is 16.8. The van der Waals surface area contributed by atoms with Crippen molar-refractivity contribution in [2.45, 2.75) is 50.1 Å². The van der Waals surface area contributed by atoms with Gasteiger partial charge in [-0.05, 0) is 65.0 Å². The number of nitrogen functional groups attached to an aromatic ring is 1. The molecule has 4 heterocycles. The van der Waals surface area contributed by atoms with Crippen LogP contribution in [0.5, 0.6) is 6.01 Å². The molecule has 3 atom stereocenters. The molecule has 0 unspecified atom stereocenters. The molecule has 46 heavy (non-hydrogen) atoms. The van der Waals surface area contributed by atoms with Crippen LogP contribution in [0, 0.1) is 22.9 Å². The van der Waals surface area contributed by atoms with Crippen LogP contribution in [0.25, 0.3) is 32.9 Å². The molecule has 2 bridgehead atoms. The standard InChI is InChI=1S/C32H33ClF5N7O/c1-30-7-6-16(43-30)12-45(14-30)28-18-10-19(33)23(24-21(35)11-20(34)17-4-5-22(39)40-26(17)24)25(36)27(18)41-29(42-28)46-15-31(8-9-44(2)3)13-32(31,37)38/h4-5,10-11,16,43H,6-9,12-15H2,1-3H3,(H2,39,40)/t16-,30-,31+/m1/s1. The molecule has 2 aliphatic heterocycles. The molecule has 2 aromatic heterocycles. The minimum atomic E-state index is -2.92. The molecule has 3 aliphatic rings. The van der Waals surface area contributed by atoms with E-state index in [4.69, 9.17) is 22.1 Å². The third-order valence-corrected chi connectivity index (χ3v) is 9.90. The molecule has 244 valence electrons. The van der Waals surface area contributed by atoms with Crippen LogP contribution in [0.2, 0.25) is 5.02 Å². The van der Waals surface area contributed by atoms with E-state index in [1.807, 2.05) is 9.80 Å². The third-order valence-electron chi connectivity index (χ3n) is 9.60. The highest BCUT2D eigenvalue weighted by molar-refractivity contribution is 6.35. The molecule has 3 fully saturated rings. The van der Waals surface area contributed by atoms with Crippen molar-refractivity contribution < 1.29 is 26.7 Å². The Kier molecular flexibility index (Phi) is 7.26. The number of nitrogens with two attached hydrogens (primary N) is 1. The number of aromatic nitrogens is 3. The molecular weight excluding hydrogens is 629 g/mol. The molecule has 2 aromatic carbocycles. The van der Waals surface area contributed by atoms with Crippen molar-refractivity contribution in [2.24, 2.45) is 5.41 Å². The van der Waals surface area contributed by atoms with E-state index >= 15 is 8.78 Å². The Bertz CT molecular complexity index is 1890. The van der Waals surface area contributed by atoms with Crippen molar-refractivity contribution in [3.63, 3.8) is 0 Å². The van der Waals surface area contributed by atoms with E-state index in [0.717, 1.165) is 12.8 Å². The van der Waals surface area contributed by atoms with Gasteiger partial charge in [0.2, 0.25) is 0 Å². The van der Waals surface area contributed by atoms with Crippen molar-refractivity contribution in [1.82, 2.24) is 25.2 Å². The number of piperazine rings is 1. The number of fused-ring (bicyclic) bond motifs is 4. The Morgan fingerprint density at radius 1 is 1.07 bits per heavy atom. The number of halogens is 6. The van der Waals surface area contributed by atoms with Crippen LogP contribution < -0.4 is 20.7 Å². The van der Waals surface area contributed by atoms with Gasteiger partial charge in [0.25, 0.3) is 5.92 Å². The highest BCUT2D eigenvalue weighted by atomic mass is 35.5. The van der Waals surface area contributed by atoms with Gasteiger partial charge in [-0.3, -0.25) is 0 Å². The first-order valence-corrected chi connectivity index (χ1v) is 15.5. The highest BCUT2D eigenvalue weighted by Gasteiger charge is 2.71. The third kappa shape index (κ3) is 5.16. The van der Waals surface area contributed by atoms with Crippen LogP contribution in [0.4, 0.5) is 33.6 Å². The number of anilines is 2. The smallest absolute Gasteiger partial charge is 0.319 e.